The van der Waals surface area contributed by atoms with E-state index in [9.17, 15) is 4.79 Å². The molecule has 1 saturated heterocycles. The van der Waals surface area contributed by atoms with E-state index < -0.39 is 0 Å². The Kier molecular flexibility index (Phi) is 6.00. The Morgan fingerprint density at radius 2 is 2.30 bits per heavy atom. The lowest BCUT2D eigenvalue weighted by Gasteiger charge is -2.26. The summed E-state index contributed by atoms with van der Waals surface area (Å²) in [5.74, 6) is 0.00239. The number of ether oxygens (including phenoxy) is 1. The first-order valence-electron chi connectivity index (χ1n) is 6.94. The number of halogens is 1. The number of carbonyl (C=O) groups excluding carboxylic acids is 1. The Balaban J connectivity index is 1.64. The Labute approximate surface area is 127 Å². The second-order valence-corrected chi connectivity index (χ2v) is 5.83. The molecule has 0 bridgehead atoms. The summed E-state index contributed by atoms with van der Waals surface area (Å²) in [7, 11) is 0. The van der Waals surface area contributed by atoms with Crippen molar-refractivity contribution in [2.45, 2.75) is 19.4 Å². The van der Waals surface area contributed by atoms with E-state index in [0.29, 0.717) is 6.54 Å². The third-order valence-electron chi connectivity index (χ3n) is 3.40. The van der Waals surface area contributed by atoms with Gasteiger partial charge in [-0.25, -0.2) is 0 Å². The van der Waals surface area contributed by atoms with Crippen LogP contribution >= 0.6 is 15.9 Å². The van der Waals surface area contributed by atoms with Gasteiger partial charge >= 0.3 is 0 Å². The SMILES string of the molecule is CC(C(=O)NCCCN1CCOCC1)n1cc(Br)cn1. The van der Waals surface area contributed by atoms with Crippen molar-refractivity contribution in [3.8, 4) is 0 Å². The average molecular weight is 345 g/mol. The van der Waals surface area contributed by atoms with Crippen LogP contribution in [0.5, 0.6) is 0 Å². The molecule has 0 spiro atoms. The fourth-order valence-corrected chi connectivity index (χ4v) is 2.43. The standard InChI is InChI=1S/C13H21BrN4O2/c1-11(18-10-12(14)9-16-18)13(19)15-3-2-4-17-5-7-20-8-6-17/h9-11H,2-8H2,1H3,(H,15,19). The van der Waals surface area contributed by atoms with Gasteiger partial charge in [-0.2, -0.15) is 5.10 Å². The number of rotatable bonds is 6. The number of nitrogens with zero attached hydrogens (tertiary/aromatic N) is 3. The Bertz CT molecular complexity index is 432. The van der Waals surface area contributed by atoms with Crippen LogP contribution < -0.4 is 5.32 Å². The fourth-order valence-electron chi connectivity index (χ4n) is 2.13. The molecule has 0 aromatic carbocycles. The second-order valence-electron chi connectivity index (χ2n) is 4.91. The Hall–Kier alpha value is -0.920. The highest BCUT2D eigenvalue weighted by Crippen LogP contribution is 2.11. The zero-order chi connectivity index (χ0) is 14.4. The first-order valence-corrected chi connectivity index (χ1v) is 7.73. The van der Waals surface area contributed by atoms with Gasteiger partial charge in [0.15, 0.2) is 0 Å². The average Bonchev–Trinajstić information content (AvgIpc) is 2.90. The second kappa shape index (κ2) is 7.75. The van der Waals surface area contributed by atoms with Gasteiger partial charge in [0.05, 0.1) is 23.9 Å². The van der Waals surface area contributed by atoms with Crippen LogP contribution in [-0.2, 0) is 9.53 Å². The van der Waals surface area contributed by atoms with E-state index in [1.54, 1.807) is 17.1 Å². The van der Waals surface area contributed by atoms with E-state index in [0.717, 1.165) is 43.7 Å². The minimum atomic E-state index is -0.287. The minimum Gasteiger partial charge on any atom is -0.379 e. The molecule has 2 heterocycles. The summed E-state index contributed by atoms with van der Waals surface area (Å²) in [5.41, 5.74) is 0. The van der Waals surface area contributed by atoms with E-state index in [-0.39, 0.29) is 11.9 Å². The van der Waals surface area contributed by atoms with Crippen LogP contribution in [0.2, 0.25) is 0 Å². The van der Waals surface area contributed by atoms with Crippen molar-refractivity contribution >= 4 is 21.8 Å². The zero-order valence-electron chi connectivity index (χ0n) is 11.7. The van der Waals surface area contributed by atoms with E-state index in [1.165, 1.54) is 0 Å². The summed E-state index contributed by atoms with van der Waals surface area (Å²) in [4.78, 5) is 14.3. The minimum absolute atomic E-state index is 0.00239. The molecule has 112 valence electrons. The van der Waals surface area contributed by atoms with Gasteiger partial charge in [0.25, 0.3) is 0 Å². The van der Waals surface area contributed by atoms with Crippen LogP contribution in [0.15, 0.2) is 16.9 Å². The summed E-state index contributed by atoms with van der Waals surface area (Å²) in [5, 5.41) is 7.08. The molecule has 1 fully saturated rings. The number of nitrogens with one attached hydrogen (secondary N) is 1. The molecule has 1 N–H and O–H groups in total. The fraction of sp³-hybridized carbons (Fsp3) is 0.692. The molecule has 1 aliphatic heterocycles. The number of aromatic nitrogens is 2. The third kappa shape index (κ3) is 4.57. The van der Waals surface area contributed by atoms with Gasteiger partial charge in [-0.3, -0.25) is 14.4 Å². The predicted molar refractivity (Wildman–Crippen MR) is 79.5 cm³/mol. The highest BCUT2D eigenvalue weighted by molar-refractivity contribution is 9.10. The van der Waals surface area contributed by atoms with E-state index in [4.69, 9.17) is 4.74 Å². The third-order valence-corrected chi connectivity index (χ3v) is 3.81. The van der Waals surface area contributed by atoms with Gasteiger partial charge in [0, 0.05) is 25.8 Å². The lowest BCUT2D eigenvalue weighted by molar-refractivity contribution is -0.124. The molecule has 2 rings (SSSR count). The molecule has 0 saturated carbocycles. The predicted octanol–water partition coefficient (Wildman–Crippen LogP) is 1.05. The Morgan fingerprint density at radius 3 is 2.95 bits per heavy atom. The summed E-state index contributed by atoms with van der Waals surface area (Å²) in [6.45, 7) is 7.16. The monoisotopic (exact) mass is 344 g/mol. The maximum Gasteiger partial charge on any atom is 0.244 e. The molecule has 1 atom stereocenters. The maximum atomic E-state index is 12.0. The van der Waals surface area contributed by atoms with Gasteiger partial charge < -0.3 is 10.1 Å². The van der Waals surface area contributed by atoms with Crippen molar-refractivity contribution in [1.29, 1.82) is 0 Å². The van der Waals surface area contributed by atoms with Gasteiger partial charge in [0.1, 0.15) is 6.04 Å². The molecule has 1 amide bonds. The van der Waals surface area contributed by atoms with Crippen molar-refractivity contribution in [3.63, 3.8) is 0 Å². The molecule has 1 aromatic heterocycles. The van der Waals surface area contributed by atoms with Crippen molar-refractivity contribution in [3.05, 3.63) is 16.9 Å². The van der Waals surface area contributed by atoms with Crippen LogP contribution in [0.4, 0.5) is 0 Å². The van der Waals surface area contributed by atoms with Gasteiger partial charge in [-0.15, -0.1) is 0 Å². The van der Waals surface area contributed by atoms with Gasteiger partial charge in [0.2, 0.25) is 5.91 Å². The molecular weight excluding hydrogens is 324 g/mol. The molecule has 1 aromatic rings. The van der Waals surface area contributed by atoms with E-state index >= 15 is 0 Å². The molecule has 0 radical (unpaired) electrons. The number of hydrogen-bond acceptors (Lipinski definition) is 4. The topological polar surface area (TPSA) is 59.4 Å². The van der Waals surface area contributed by atoms with Crippen LogP contribution in [0.3, 0.4) is 0 Å². The molecule has 20 heavy (non-hydrogen) atoms. The normalized spacial score (nSPS) is 17.9. The smallest absolute Gasteiger partial charge is 0.244 e. The van der Waals surface area contributed by atoms with Crippen LogP contribution in [-0.4, -0.2) is 60.0 Å². The molecule has 1 aliphatic rings. The van der Waals surface area contributed by atoms with Crippen molar-refractivity contribution in [2.24, 2.45) is 0 Å². The van der Waals surface area contributed by atoms with Crippen molar-refractivity contribution in [1.82, 2.24) is 20.0 Å². The van der Waals surface area contributed by atoms with Crippen molar-refractivity contribution < 1.29 is 9.53 Å². The summed E-state index contributed by atoms with van der Waals surface area (Å²) < 4.78 is 7.84. The quantitative estimate of drug-likeness (QED) is 0.783. The van der Waals surface area contributed by atoms with Crippen LogP contribution in [0.1, 0.15) is 19.4 Å². The molecule has 1 unspecified atom stereocenters. The van der Waals surface area contributed by atoms with Crippen LogP contribution in [0, 0.1) is 0 Å². The molecule has 7 heteroatoms. The van der Waals surface area contributed by atoms with Gasteiger partial charge in [-0.05, 0) is 35.8 Å². The first-order chi connectivity index (χ1) is 9.66. The number of morpholine rings is 1. The number of amides is 1. The lowest BCUT2D eigenvalue weighted by atomic mass is 10.3. The maximum absolute atomic E-state index is 12.0. The highest BCUT2D eigenvalue weighted by atomic mass is 79.9. The summed E-state index contributed by atoms with van der Waals surface area (Å²) >= 11 is 3.33. The number of hydrogen-bond donors (Lipinski definition) is 1. The Morgan fingerprint density at radius 1 is 1.55 bits per heavy atom. The van der Waals surface area contributed by atoms with E-state index in [1.807, 2.05) is 6.92 Å². The first kappa shape index (κ1) is 15.5. The highest BCUT2D eigenvalue weighted by Gasteiger charge is 2.15. The number of carbonyl (C=O) groups is 1. The zero-order valence-corrected chi connectivity index (χ0v) is 13.3. The van der Waals surface area contributed by atoms with Gasteiger partial charge in [-0.1, -0.05) is 0 Å². The summed E-state index contributed by atoms with van der Waals surface area (Å²) in [6.07, 6.45) is 4.45. The summed E-state index contributed by atoms with van der Waals surface area (Å²) in [6, 6.07) is -0.287. The molecule has 6 nitrogen and oxygen atoms in total. The van der Waals surface area contributed by atoms with Crippen molar-refractivity contribution in [2.75, 3.05) is 39.4 Å². The van der Waals surface area contributed by atoms with Crippen LogP contribution in [0.25, 0.3) is 0 Å². The largest absolute Gasteiger partial charge is 0.379 e. The lowest BCUT2D eigenvalue weighted by Crippen LogP contribution is -2.38. The molecule has 0 aliphatic carbocycles. The molecular formula is C13H21BrN4O2. The van der Waals surface area contributed by atoms with E-state index in [2.05, 4.69) is 31.2 Å².